The Hall–Kier alpha value is -3.92. The summed E-state index contributed by atoms with van der Waals surface area (Å²) in [6, 6.07) is 28.1. The summed E-state index contributed by atoms with van der Waals surface area (Å²) >= 11 is 0. The molecule has 2 fully saturated rings. The van der Waals surface area contributed by atoms with E-state index >= 15 is 0 Å². The van der Waals surface area contributed by atoms with E-state index in [1.54, 1.807) is 0 Å². The zero-order valence-corrected chi connectivity index (χ0v) is 25.3. The standard InChI is InChI=1S/C35H43N7O/c1-2-38(26-29-10-12-30(13-11-29)27-40-16-14-39(15-17-40)22-23-43)18-19-41-20-21-42(35(41)33(24-36)25-37)28-32-8-5-7-31-6-3-4-9-34(31)32/h3-13,43H,2,14-23,26-28H2,1H3. The number of likely N-dealkylation sites (N-methyl/N-ethyl adjacent to an activating group) is 1. The molecule has 2 aliphatic heterocycles. The van der Waals surface area contributed by atoms with E-state index in [1.807, 2.05) is 0 Å². The van der Waals surface area contributed by atoms with E-state index in [9.17, 15) is 10.5 Å². The van der Waals surface area contributed by atoms with Crippen LogP contribution in [0.5, 0.6) is 0 Å². The van der Waals surface area contributed by atoms with Crippen molar-refractivity contribution in [3.8, 4) is 12.1 Å². The van der Waals surface area contributed by atoms with Gasteiger partial charge in [-0.3, -0.25) is 14.7 Å². The lowest BCUT2D eigenvalue weighted by atomic mass is 10.0. The zero-order valence-electron chi connectivity index (χ0n) is 25.3. The highest BCUT2D eigenvalue weighted by Gasteiger charge is 2.29. The van der Waals surface area contributed by atoms with Crippen LogP contribution in [-0.2, 0) is 19.6 Å². The largest absolute Gasteiger partial charge is 0.395 e. The van der Waals surface area contributed by atoms with Crippen LogP contribution in [-0.4, -0.2) is 102 Å². The van der Waals surface area contributed by atoms with Gasteiger partial charge in [0.05, 0.1) is 6.61 Å². The SMILES string of the molecule is CCN(CCN1CCN(Cc2cccc3ccccc23)C1=C(C#N)C#N)Cc1ccc(CN2CCN(CCO)CC2)cc1. The van der Waals surface area contributed by atoms with Gasteiger partial charge in [-0.2, -0.15) is 10.5 Å². The molecule has 0 spiro atoms. The second kappa shape index (κ2) is 15.0. The van der Waals surface area contributed by atoms with Crippen molar-refractivity contribution >= 4 is 10.8 Å². The third kappa shape index (κ3) is 7.73. The molecule has 8 nitrogen and oxygen atoms in total. The number of aliphatic hydroxyl groups is 1. The van der Waals surface area contributed by atoms with Gasteiger partial charge < -0.3 is 14.9 Å². The normalized spacial score (nSPS) is 16.2. The molecule has 0 atom stereocenters. The molecule has 0 amide bonds. The first-order chi connectivity index (χ1) is 21.1. The molecule has 3 aromatic carbocycles. The van der Waals surface area contributed by atoms with Gasteiger partial charge in [0.1, 0.15) is 18.0 Å². The summed E-state index contributed by atoms with van der Waals surface area (Å²) in [6.07, 6.45) is 0. The van der Waals surface area contributed by atoms with Crippen LogP contribution in [0.3, 0.4) is 0 Å². The fourth-order valence-corrected chi connectivity index (χ4v) is 6.29. The van der Waals surface area contributed by atoms with Crippen molar-refractivity contribution in [2.75, 3.05) is 72.1 Å². The Morgan fingerprint density at radius 3 is 2.16 bits per heavy atom. The average molecular weight is 578 g/mol. The van der Waals surface area contributed by atoms with Crippen LogP contribution >= 0.6 is 0 Å². The number of nitrogens with zero attached hydrogens (tertiary/aromatic N) is 7. The number of piperazine rings is 1. The molecular weight excluding hydrogens is 534 g/mol. The van der Waals surface area contributed by atoms with Crippen LogP contribution in [0.2, 0.25) is 0 Å². The summed E-state index contributed by atoms with van der Waals surface area (Å²) in [5, 5.41) is 31.2. The molecule has 1 N–H and O–H groups in total. The van der Waals surface area contributed by atoms with Crippen LogP contribution in [0.1, 0.15) is 23.6 Å². The maximum Gasteiger partial charge on any atom is 0.169 e. The first-order valence-electron chi connectivity index (χ1n) is 15.5. The van der Waals surface area contributed by atoms with Gasteiger partial charge in [0.15, 0.2) is 5.57 Å². The Labute approximate surface area is 256 Å². The number of hydrogen-bond acceptors (Lipinski definition) is 8. The Morgan fingerprint density at radius 1 is 0.767 bits per heavy atom. The Bertz CT molecular complexity index is 1440. The second-order valence-corrected chi connectivity index (χ2v) is 11.5. The molecule has 0 aliphatic carbocycles. The highest BCUT2D eigenvalue weighted by molar-refractivity contribution is 5.85. The van der Waals surface area contributed by atoms with Crippen molar-refractivity contribution in [1.29, 1.82) is 10.5 Å². The molecule has 0 saturated carbocycles. The predicted molar refractivity (Wildman–Crippen MR) is 170 cm³/mol. The van der Waals surface area contributed by atoms with E-state index in [1.165, 1.54) is 27.5 Å². The fourth-order valence-electron chi connectivity index (χ4n) is 6.29. The summed E-state index contributed by atoms with van der Waals surface area (Å²) in [6.45, 7) is 13.9. The van der Waals surface area contributed by atoms with Crippen molar-refractivity contribution in [3.05, 3.63) is 94.8 Å². The van der Waals surface area contributed by atoms with E-state index in [4.69, 9.17) is 5.11 Å². The van der Waals surface area contributed by atoms with Gasteiger partial charge in [-0.1, -0.05) is 73.7 Å². The van der Waals surface area contributed by atoms with Crippen LogP contribution in [0.25, 0.3) is 10.8 Å². The molecule has 43 heavy (non-hydrogen) atoms. The van der Waals surface area contributed by atoms with Crippen LogP contribution < -0.4 is 0 Å². The minimum Gasteiger partial charge on any atom is -0.395 e. The quantitative estimate of drug-likeness (QED) is 0.325. The number of allylic oxidation sites excluding steroid dienone is 1. The molecule has 224 valence electrons. The molecule has 0 radical (unpaired) electrons. The van der Waals surface area contributed by atoms with Gasteiger partial charge in [-0.25, -0.2) is 0 Å². The lowest BCUT2D eigenvalue weighted by Gasteiger charge is -2.34. The highest BCUT2D eigenvalue weighted by atomic mass is 16.3. The van der Waals surface area contributed by atoms with Crippen molar-refractivity contribution in [2.45, 2.75) is 26.6 Å². The minimum absolute atomic E-state index is 0.186. The maximum atomic E-state index is 9.83. The number of rotatable bonds is 12. The smallest absolute Gasteiger partial charge is 0.169 e. The third-order valence-corrected chi connectivity index (χ3v) is 8.78. The first kappa shape index (κ1) is 30.5. The van der Waals surface area contributed by atoms with Crippen LogP contribution in [0, 0.1) is 22.7 Å². The Morgan fingerprint density at radius 2 is 1.44 bits per heavy atom. The number of aliphatic hydroxyl groups excluding tert-OH is 1. The second-order valence-electron chi connectivity index (χ2n) is 11.5. The molecular formula is C35H43N7O. The van der Waals surface area contributed by atoms with Crippen molar-refractivity contribution in [1.82, 2.24) is 24.5 Å². The van der Waals surface area contributed by atoms with Gasteiger partial charge >= 0.3 is 0 Å². The molecule has 2 heterocycles. The van der Waals surface area contributed by atoms with E-state index in [-0.39, 0.29) is 12.2 Å². The van der Waals surface area contributed by atoms with Crippen molar-refractivity contribution < 1.29 is 5.11 Å². The lowest BCUT2D eigenvalue weighted by Crippen LogP contribution is -2.46. The number of benzene rings is 3. The van der Waals surface area contributed by atoms with Gasteiger partial charge in [-0.05, 0) is 34.0 Å². The molecule has 0 unspecified atom stereocenters. The number of nitriles is 2. The van der Waals surface area contributed by atoms with Crippen LogP contribution in [0.4, 0.5) is 0 Å². The monoisotopic (exact) mass is 577 g/mol. The summed E-state index contributed by atoms with van der Waals surface area (Å²) in [4.78, 5) is 11.7. The Balaban J connectivity index is 1.18. The molecule has 8 heteroatoms. The molecule has 5 rings (SSSR count). The summed E-state index contributed by atoms with van der Waals surface area (Å²) < 4.78 is 0. The summed E-state index contributed by atoms with van der Waals surface area (Å²) in [5.41, 5.74) is 4.02. The van der Waals surface area contributed by atoms with Crippen LogP contribution in [0.15, 0.2) is 78.1 Å². The average Bonchev–Trinajstić information content (AvgIpc) is 3.44. The van der Waals surface area contributed by atoms with Gasteiger partial charge in [0.2, 0.25) is 0 Å². The summed E-state index contributed by atoms with van der Waals surface area (Å²) in [5.74, 6) is 0.760. The molecule has 2 aliphatic rings. The van der Waals surface area contributed by atoms with E-state index in [0.717, 1.165) is 84.4 Å². The van der Waals surface area contributed by atoms with E-state index in [2.05, 4.69) is 110 Å². The van der Waals surface area contributed by atoms with E-state index in [0.29, 0.717) is 6.54 Å². The fraction of sp³-hybridized carbons (Fsp3) is 0.429. The minimum atomic E-state index is 0.186. The molecule has 3 aromatic rings. The first-order valence-corrected chi connectivity index (χ1v) is 15.5. The Kier molecular flexibility index (Phi) is 10.7. The van der Waals surface area contributed by atoms with Gasteiger partial charge in [0, 0.05) is 78.5 Å². The third-order valence-electron chi connectivity index (χ3n) is 8.78. The van der Waals surface area contributed by atoms with E-state index < -0.39 is 0 Å². The van der Waals surface area contributed by atoms with Gasteiger partial charge in [-0.15, -0.1) is 0 Å². The summed E-state index contributed by atoms with van der Waals surface area (Å²) in [7, 11) is 0. The van der Waals surface area contributed by atoms with Gasteiger partial charge in [0.25, 0.3) is 0 Å². The molecule has 2 saturated heterocycles. The highest BCUT2D eigenvalue weighted by Crippen LogP contribution is 2.27. The topological polar surface area (TPSA) is 84.0 Å². The molecule has 0 bridgehead atoms. The number of fused-ring (bicyclic) bond motifs is 1. The van der Waals surface area contributed by atoms with Crippen molar-refractivity contribution in [3.63, 3.8) is 0 Å². The maximum absolute atomic E-state index is 9.83. The molecule has 0 aromatic heterocycles. The predicted octanol–water partition coefficient (Wildman–Crippen LogP) is 3.85. The zero-order chi connectivity index (χ0) is 30.0. The lowest BCUT2D eigenvalue weighted by molar-refractivity contribution is 0.108. The van der Waals surface area contributed by atoms with Crippen molar-refractivity contribution in [2.24, 2.45) is 0 Å². The number of β-amino-alcohol motifs (C(OH)–C–C–N with tert-alkyl or cyclic N) is 1. The number of hydrogen-bond donors (Lipinski definition) is 1.